The normalized spacial score (nSPS) is 11.0. The molecule has 9 heteroatoms. The fourth-order valence-corrected chi connectivity index (χ4v) is 4.33. The first-order valence-corrected chi connectivity index (χ1v) is 12.0. The largest absolute Gasteiger partial charge is 0.496 e. The molecule has 2 heterocycles. The minimum Gasteiger partial charge on any atom is -0.496 e. The van der Waals surface area contributed by atoms with Crippen LogP contribution in [-0.2, 0) is 12.8 Å². The molecule has 188 valence electrons. The lowest BCUT2D eigenvalue weighted by Gasteiger charge is -2.14. The van der Waals surface area contributed by atoms with Crippen LogP contribution in [-0.4, -0.2) is 45.5 Å². The summed E-state index contributed by atoms with van der Waals surface area (Å²) in [6.07, 6.45) is 2.24. The van der Waals surface area contributed by atoms with Crippen LogP contribution in [0.15, 0.2) is 71.5 Å². The Bertz CT molecular complexity index is 1520. The van der Waals surface area contributed by atoms with Gasteiger partial charge in [-0.25, -0.2) is 9.97 Å². The third-order valence-corrected chi connectivity index (χ3v) is 6.03. The Morgan fingerprint density at radius 3 is 2.70 bits per heavy atom. The van der Waals surface area contributed by atoms with Crippen molar-refractivity contribution in [2.24, 2.45) is 0 Å². The van der Waals surface area contributed by atoms with E-state index in [1.165, 1.54) is 10.8 Å². The maximum atomic E-state index is 9.32. The molecular formula is C28H27N5O4. The van der Waals surface area contributed by atoms with Crippen molar-refractivity contribution in [1.29, 1.82) is 0 Å². The molecule has 0 aliphatic heterocycles. The number of methoxy groups -OCH3 is 1. The highest BCUT2D eigenvalue weighted by Crippen LogP contribution is 2.30. The lowest BCUT2D eigenvalue weighted by Crippen LogP contribution is -2.08. The Labute approximate surface area is 214 Å². The van der Waals surface area contributed by atoms with E-state index in [-0.39, 0.29) is 0 Å². The van der Waals surface area contributed by atoms with Crippen molar-refractivity contribution in [3.05, 3.63) is 83.9 Å². The third kappa shape index (κ3) is 5.45. The highest BCUT2D eigenvalue weighted by molar-refractivity contribution is 5.87. The molecule has 0 atom stereocenters. The minimum absolute atomic E-state index is 0.369. The van der Waals surface area contributed by atoms with Crippen molar-refractivity contribution >= 4 is 16.6 Å². The Morgan fingerprint density at radius 2 is 1.89 bits per heavy atom. The van der Waals surface area contributed by atoms with Crippen LogP contribution in [0.4, 0.5) is 5.82 Å². The molecule has 5 rings (SSSR count). The number of aromatic nitrogens is 4. The molecule has 0 fully saturated rings. The van der Waals surface area contributed by atoms with Crippen LogP contribution >= 0.6 is 0 Å². The lowest BCUT2D eigenvalue weighted by atomic mass is 10.0. The summed E-state index contributed by atoms with van der Waals surface area (Å²) in [6.45, 7) is 3.11. The van der Waals surface area contributed by atoms with Crippen LogP contribution in [0.25, 0.3) is 22.0 Å². The zero-order valence-corrected chi connectivity index (χ0v) is 20.6. The number of hydrogen-bond donors (Lipinski definition) is 2. The van der Waals surface area contributed by atoms with Crippen LogP contribution in [0.3, 0.4) is 0 Å². The van der Waals surface area contributed by atoms with E-state index in [1.807, 2.05) is 49.4 Å². The number of nitrogens with zero attached hydrogens (tertiary/aromatic N) is 4. The van der Waals surface area contributed by atoms with Crippen molar-refractivity contribution in [2.75, 3.05) is 25.6 Å². The van der Waals surface area contributed by atoms with E-state index >= 15 is 0 Å². The zero-order chi connectivity index (χ0) is 25.6. The Kier molecular flexibility index (Phi) is 7.12. The Hall–Kier alpha value is -4.66. The van der Waals surface area contributed by atoms with Crippen LogP contribution < -0.4 is 14.8 Å². The second-order valence-electron chi connectivity index (χ2n) is 8.36. The topological polar surface area (TPSA) is 115 Å². The number of hydrogen-bond acceptors (Lipinski definition) is 9. The molecular weight excluding hydrogens is 470 g/mol. The summed E-state index contributed by atoms with van der Waals surface area (Å²) in [5, 5.41) is 18.9. The first kappa shape index (κ1) is 24.1. The number of benzene rings is 3. The van der Waals surface area contributed by atoms with Crippen LogP contribution in [0.1, 0.15) is 23.9 Å². The highest BCUT2D eigenvalue weighted by Gasteiger charge is 2.13. The summed E-state index contributed by atoms with van der Waals surface area (Å²) in [4.78, 5) is 12.7. The van der Waals surface area contributed by atoms with E-state index < -0.39 is 6.08 Å². The minimum atomic E-state index is -0.454. The van der Waals surface area contributed by atoms with Crippen LogP contribution in [0, 0.1) is 0 Å². The number of ether oxygens (including phenoxy) is 2. The predicted octanol–water partition coefficient (Wildman–Crippen LogP) is 5.04. The van der Waals surface area contributed by atoms with Crippen molar-refractivity contribution in [2.45, 2.75) is 19.8 Å². The van der Waals surface area contributed by atoms with Gasteiger partial charge in [0.05, 0.1) is 19.4 Å². The number of rotatable bonds is 10. The fourth-order valence-electron chi connectivity index (χ4n) is 4.33. The molecule has 5 aromatic rings. The van der Waals surface area contributed by atoms with E-state index in [0.29, 0.717) is 31.1 Å². The summed E-state index contributed by atoms with van der Waals surface area (Å²) in [5.74, 6) is 2.68. The zero-order valence-electron chi connectivity index (χ0n) is 20.6. The third-order valence-electron chi connectivity index (χ3n) is 6.03. The fraction of sp³-hybridized carbons (Fsp3) is 0.214. The Morgan fingerprint density at radius 1 is 1.00 bits per heavy atom. The van der Waals surface area contributed by atoms with Crippen molar-refractivity contribution < 1.29 is 19.1 Å². The van der Waals surface area contributed by atoms with Gasteiger partial charge in [0.1, 0.15) is 23.6 Å². The molecule has 0 saturated heterocycles. The maximum absolute atomic E-state index is 9.32. The second kappa shape index (κ2) is 10.9. The summed E-state index contributed by atoms with van der Waals surface area (Å²) < 4.78 is 16.1. The molecule has 2 N–H and O–H groups in total. The SMILES string of the molecule is CCOc1cc(-c2cc(NCCc3c(OC)ccc4ccccc34)ncn2)ccc1Cc1noc(O)n1. The summed E-state index contributed by atoms with van der Waals surface area (Å²) in [6, 6.07) is 20.2. The van der Waals surface area contributed by atoms with Gasteiger partial charge in [0.15, 0.2) is 5.82 Å². The van der Waals surface area contributed by atoms with Gasteiger partial charge in [-0.05, 0) is 36.2 Å². The van der Waals surface area contributed by atoms with Gasteiger partial charge in [-0.2, -0.15) is 4.98 Å². The van der Waals surface area contributed by atoms with Crippen LogP contribution in [0.2, 0.25) is 0 Å². The van der Waals surface area contributed by atoms with E-state index in [2.05, 4.69) is 48.1 Å². The first-order chi connectivity index (χ1) is 18.1. The molecule has 9 nitrogen and oxygen atoms in total. The van der Waals surface area contributed by atoms with Crippen molar-refractivity contribution in [1.82, 2.24) is 20.1 Å². The molecule has 0 unspecified atom stereocenters. The molecule has 0 aliphatic rings. The van der Waals surface area contributed by atoms with Gasteiger partial charge < -0.3 is 19.9 Å². The standard InChI is InChI=1S/C28H27N5O4/c1-3-36-25-14-19(8-9-20(25)15-27-32-28(34)37-33-27)23-16-26(31-17-30-23)29-13-12-22-21-7-5-4-6-18(21)10-11-24(22)35-2/h4-11,14,16-17H,3,12-13,15H2,1-2H3,(H,29,30,31)(H,32,33,34). The van der Waals surface area contributed by atoms with Gasteiger partial charge in [-0.3, -0.25) is 4.52 Å². The second-order valence-corrected chi connectivity index (χ2v) is 8.36. The molecule has 0 amide bonds. The maximum Gasteiger partial charge on any atom is 0.414 e. The number of aromatic hydroxyl groups is 1. The van der Waals surface area contributed by atoms with E-state index in [9.17, 15) is 5.11 Å². The summed E-state index contributed by atoms with van der Waals surface area (Å²) in [7, 11) is 1.70. The smallest absolute Gasteiger partial charge is 0.414 e. The van der Waals surface area contributed by atoms with Gasteiger partial charge in [-0.1, -0.05) is 47.6 Å². The molecule has 0 aliphatic carbocycles. The molecule has 37 heavy (non-hydrogen) atoms. The van der Waals surface area contributed by atoms with E-state index in [0.717, 1.165) is 40.4 Å². The Balaban J connectivity index is 1.32. The molecule has 0 saturated carbocycles. The van der Waals surface area contributed by atoms with Gasteiger partial charge in [0, 0.05) is 35.7 Å². The van der Waals surface area contributed by atoms with Crippen molar-refractivity contribution in [3.63, 3.8) is 0 Å². The number of fused-ring (bicyclic) bond motifs is 1. The average Bonchev–Trinajstić information content (AvgIpc) is 3.34. The number of anilines is 1. The average molecular weight is 498 g/mol. The van der Waals surface area contributed by atoms with Gasteiger partial charge >= 0.3 is 6.08 Å². The summed E-state index contributed by atoms with van der Waals surface area (Å²) >= 11 is 0. The molecule has 0 radical (unpaired) electrons. The van der Waals surface area contributed by atoms with Crippen LogP contribution in [0.5, 0.6) is 17.6 Å². The van der Waals surface area contributed by atoms with Gasteiger partial charge in [0.25, 0.3) is 0 Å². The van der Waals surface area contributed by atoms with Gasteiger partial charge in [0.2, 0.25) is 0 Å². The molecule has 0 spiro atoms. The summed E-state index contributed by atoms with van der Waals surface area (Å²) in [5.41, 5.74) is 3.70. The predicted molar refractivity (Wildman–Crippen MR) is 140 cm³/mol. The highest BCUT2D eigenvalue weighted by atomic mass is 16.6. The first-order valence-electron chi connectivity index (χ1n) is 12.0. The van der Waals surface area contributed by atoms with E-state index in [4.69, 9.17) is 9.47 Å². The van der Waals surface area contributed by atoms with Crippen molar-refractivity contribution in [3.8, 4) is 28.8 Å². The monoisotopic (exact) mass is 497 g/mol. The lowest BCUT2D eigenvalue weighted by molar-refractivity contribution is 0.266. The number of nitrogens with one attached hydrogen (secondary N) is 1. The molecule has 2 aromatic heterocycles. The van der Waals surface area contributed by atoms with E-state index in [1.54, 1.807) is 13.4 Å². The van der Waals surface area contributed by atoms with Gasteiger partial charge in [-0.15, -0.1) is 0 Å². The quantitative estimate of drug-likeness (QED) is 0.274. The molecule has 3 aromatic carbocycles. The molecule has 0 bridgehead atoms.